The van der Waals surface area contributed by atoms with E-state index in [1.807, 2.05) is 61.5 Å². The molecule has 0 radical (unpaired) electrons. The molecular formula is C30H20F3N3O2S. The Morgan fingerprint density at radius 2 is 1.46 bits per heavy atom. The number of pyridine rings is 2. The molecule has 6 rings (SSSR count). The Bertz CT molecular complexity index is 2000. The van der Waals surface area contributed by atoms with Gasteiger partial charge in [0, 0.05) is 23.2 Å². The van der Waals surface area contributed by atoms with Gasteiger partial charge in [-0.25, -0.2) is 18.4 Å². The van der Waals surface area contributed by atoms with E-state index in [0.29, 0.717) is 11.6 Å². The molecule has 0 saturated heterocycles. The van der Waals surface area contributed by atoms with Crippen LogP contribution in [0.25, 0.3) is 38.8 Å². The summed E-state index contributed by atoms with van der Waals surface area (Å²) < 4.78 is 68.2. The Kier molecular flexibility index (Phi) is 5.76. The number of aryl methyl sites for hydroxylation is 1. The molecule has 0 fully saturated rings. The summed E-state index contributed by atoms with van der Waals surface area (Å²) in [4.78, 5) is 8.16. The van der Waals surface area contributed by atoms with Gasteiger partial charge in [-0.05, 0) is 72.1 Å². The first kappa shape index (κ1) is 24.8. The normalized spacial score (nSPS) is 12.3. The van der Waals surface area contributed by atoms with Crippen molar-refractivity contribution in [2.45, 2.75) is 23.0 Å². The van der Waals surface area contributed by atoms with E-state index in [0.717, 1.165) is 51.0 Å². The first-order valence-corrected chi connectivity index (χ1v) is 13.5. The van der Waals surface area contributed by atoms with Crippen LogP contribution < -0.4 is 0 Å². The van der Waals surface area contributed by atoms with Crippen LogP contribution in [0.1, 0.15) is 11.1 Å². The van der Waals surface area contributed by atoms with Crippen LogP contribution in [-0.2, 0) is 16.0 Å². The summed E-state index contributed by atoms with van der Waals surface area (Å²) in [6, 6.07) is 25.2. The van der Waals surface area contributed by atoms with E-state index in [4.69, 9.17) is 0 Å². The molecule has 0 amide bonds. The summed E-state index contributed by atoms with van der Waals surface area (Å²) in [7, 11) is -4.30. The Morgan fingerprint density at radius 3 is 2.26 bits per heavy atom. The number of nitrogens with zero attached hydrogens (tertiary/aromatic N) is 3. The second-order valence-corrected chi connectivity index (χ2v) is 11.1. The molecule has 0 saturated carbocycles. The van der Waals surface area contributed by atoms with Gasteiger partial charge >= 0.3 is 6.18 Å². The lowest BCUT2D eigenvalue weighted by atomic mass is 10.0. The molecule has 0 atom stereocenters. The van der Waals surface area contributed by atoms with Crippen LogP contribution in [0, 0.1) is 6.92 Å². The maximum atomic E-state index is 13.3. The van der Waals surface area contributed by atoms with E-state index in [1.165, 1.54) is 12.1 Å². The molecule has 194 valence electrons. The van der Waals surface area contributed by atoms with Crippen molar-refractivity contribution < 1.29 is 21.6 Å². The topological polar surface area (TPSA) is 64.8 Å². The molecule has 0 aliphatic carbocycles. The average molecular weight is 544 g/mol. The van der Waals surface area contributed by atoms with E-state index in [2.05, 4.69) is 14.5 Å². The summed E-state index contributed by atoms with van der Waals surface area (Å²) in [5.41, 5.74) is 3.19. The Hall–Kier alpha value is -4.50. The Balaban J connectivity index is 1.50. The number of hydrogen-bond donors (Lipinski definition) is 0. The average Bonchev–Trinajstić information content (AvgIpc) is 3.26. The first-order chi connectivity index (χ1) is 18.6. The molecule has 39 heavy (non-hydrogen) atoms. The molecule has 0 aliphatic rings. The number of fused-ring (bicyclic) bond motifs is 3. The maximum Gasteiger partial charge on any atom is 0.416 e. The number of aromatic nitrogens is 3. The summed E-state index contributed by atoms with van der Waals surface area (Å²) in [6.45, 7) is 2.00. The van der Waals surface area contributed by atoms with Gasteiger partial charge in [0.2, 0.25) is 9.84 Å². The van der Waals surface area contributed by atoms with Crippen molar-refractivity contribution in [2.24, 2.45) is 0 Å². The van der Waals surface area contributed by atoms with Crippen LogP contribution in [-0.4, -0.2) is 23.0 Å². The van der Waals surface area contributed by atoms with E-state index in [9.17, 15) is 21.6 Å². The van der Waals surface area contributed by atoms with Crippen LogP contribution >= 0.6 is 0 Å². The highest BCUT2D eigenvalue weighted by Crippen LogP contribution is 2.36. The second kappa shape index (κ2) is 9.06. The minimum absolute atomic E-state index is 0.146. The SMILES string of the molecule is Cc1ccnc(-n2c3ccccc3c3ccc(-c4cccc(S(=O)(=O)c5cc(C(F)(F)F)ccn5)c4)cc32)c1. The van der Waals surface area contributed by atoms with Gasteiger partial charge < -0.3 is 0 Å². The second-order valence-electron chi connectivity index (χ2n) is 9.19. The van der Waals surface area contributed by atoms with Crippen molar-refractivity contribution in [3.05, 3.63) is 115 Å². The number of alkyl halides is 3. The van der Waals surface area contributed by atoms with Gasteiger partial charge in [-0.3, -0.25) is 4.57 Å². The zero-order valence-electron chi connectivity index (χ0n) is 20.5. The molecule has 5 nitrogen and oxygen atoms in total. The van der Waals surface area contributed by atoms with E-state index in [-0.39, 0.29) is 4.90 Å². The molecule has 9 heteroatoms. The molecule has 0 unspecified atom stereocenters. The largest absolute Gasteiger partial charge is 0.416 e. The summed E-state index contributed by atoms with van der Waals surface area (Å²) >= 11 is 0. The predicted octanol–water partition coefficient (Wildman–Crippen LogP) is 7.40. The van der Waals surface area contributed by atoms with Gasteiger partial charge in [0.25, 0.3) is 0 Å². The summed E-state index contributed by atoms with van der Waals surface area (Å²) in [6.07, 6.45) is -2.08. The van der Waals surface area contributed by atoms with Crippen LogP contribution in [0.4, 0.5) is 13.2 Å². The number of sulfone groups is 1. The minimum atomic E-state index is -4.69. The van der Waals surface area contributed by atoms with E-state index >= 15 is 0 Å². The lowest BCUT2D eigenvalue weighted by Crippen LogP contribution is -2.10. The van der Waals surface area contributed by atoms with Crippen LogP contribution in [0.15, 0.2) is 113 Å². The van der Waals surface area contributed by atoms with Crippen molar-refractivity contribution >= 4 is 31.6 Å². The number of hydrogen-bond acceptors (Lipinski definition) is 4. The van der Waals surface area contributed by atoms with Crippen LogP contribution in [0.2, 0.25) is 0 Å². The Labute approximate surface area is 222 Å². The predicted molar refractivity (Wildman–Crippen MR) is 143 cm³/mol. The van der Waals surface area contributed by atoms with Crippen molar-refractivity contribution in [1.29, 1.82) is 0 Å². The molecule has 0 aliphatic heterocycles. The Morgan fingerprint density at radius 1 is 0.718 bits per heavy atom. The van der Waals surface area contributed by atoms with Gasteiger partial charge in [0.05, 0.1) is 21.5 Å². The smallest absolute Gasteiger partial charge is 0.294 e. The third kappa shape index (κ3) is 4.34. The minimum Gasteiger partial charge on any atom is -0.294 e. The van der Waals surface area contributed by atoms with Crippen molar-refractivity contribution in [3.63, 3.8) is 0 Å². The first-order valence-electron chi connectivity index (χ1n) is 12.0. The summed E-state index contributed by atoms with van der Waals surface area (Å²) in [5, 5.41) is 1.40. The van der Waals surface area contributed by atoms with Gasteiger partial charge in [-0.15, -0.1) is 0 Å². The summed E-state index contributed by atoms with van der Waals surface area (Å²) in [5.74, 6) is 0.755. The van der Waals surface area contributed by atoms with E-state index < -0.39 is 26.6 Å². The fraction of sp³-hybridized carbons (Fsp3) is 0.0667. The van der Waals surface area contributed by atoms with Crippen LogP contribution in [0.3, 0.4) is 0 Å². The molecule has 3 aromatic heterocycles. The quantitative estimate of drug-likeness (QED) is 0.232. The highest BCUT2D eigenvalue weighted by molar-refractivity contribution is 7.91. The molecular weight excluding hydrogens is 523 g/mol. The monoisotopic (exact) mass is 543 g/mol. The van der Waals surface area contributed by atoms with Crippen molar-refractivity contribution in [1.82, 2.24) is 14.5 Å². The lowest BCUT2D eigenvalue weighted by Gasteiger charge is -2.11. The van der Waals surface area contributed by atoms with Crippen LogP contribution in [0.5, 0.6) is 0 Å². The molecule has 0 spiro atoms. The number of rotatable bonds is 4. The number of halogens is 3. The number of benzene rings is 3. The maximum absolute atomic E-state index is 13.3. The zero-order valence-corrected chi connectivity index (χ0v) is 21.3. The molecule has 6 aromatic rings. The third-order valence-corrected chi connectivity index (χ3v) is 8.27. The molecule has 0 N–H and O–H groups in total. The molecule has 3 aromatic carbocycles. The lowest BCUT2D eigenvalue weighted by molar-refractivity contribution is -0.137. The van der Waals surface area contributed by atoms with Gasteiger partial charge in [0.15, 0.2) is 5.03 Å². The fourth-order valence-electron chi connectivity index (χ4n) is 4.74. The van der Waals surface area contributed by atoms with Gasteiger partial charge in [0.1, 0.15) is 5.82 Å². The molecule has 3 heterocycles. The zero-order chi connectivity index (χ0) is 27.4. The van der Waals surface area contributed by atoms with Crippen molar-refractivity contribution in [3.8, 4) is 16.9 Å². The van der Waals surface area contributed by atoms with Crippen molar-refractivity contribution in [2.75, 3.05) is 0 Å². The standard InChI is InChI=1S/C30H20F3N3O2S/c1-19-11-13-34-28(15-19)36-26-8-3-2-7-24(26)25-10-9-21(17-27(25)36)20-5-4-6-23(16-20)39(37,38)29-18-22(12-14-35-29)30(31,32)33/h2-18H,1H3. The highest BCUT2D eigenvalue weighted by atomic mass is 32.2. The van der Waals surface area contributed by atoms with E-state index in [1.54, 1.807) is 18.3 Å². The number of para-hydroxylation sites is 1. The fourth-order valence-corrected chi connectivity index (χ4v) is 6.00. The van der Waals surface area contributed by atoms with Gasteiger partial charge in [-0.2, -0.15) is 13.2 Å². The molecule has 0 bridgehead atoms. The third-order valence-electron chi connectivity index (χ3n) is 6.62. The highest BCUT2D eigenvalue weighted by Gasteiger charge is 2.32. The van der Waals surface area contributed by atoms with Gasteiger partial charge in [-0.1, -0.05) is 42.5 Å².